The number of Topliss-reactive ketones (excluding diaryl/α,β-unsaturated/α-hetero) is 1. The van der Waals surface area contributed by atoms with Crippen molar-refractivity contribution in [1.29, 1.82) is 0 Å². The van der Waals surface area contributed by atoms with Crippen LogP contribution in [0.5, 0.6) is 0 Å². The normalized spacial score (nSPS) is 25.2. The maximum Gasteiger partial charge on any atom is 0.250 e. The second-order valence-corrected chi connectivity index (χ2v) is 6.26. The van der Waals surface area contributed by atoms with E-state index in [0.717, 1.165) is 32.6 Å². The lowest BCUT2D eigenvalue weighted by Gasteiger charge is -2.42. The van der Waals surface area contributed by atoms with Crippen LogP contribution in [0.2, 0.25) is 0 Å². The van der Waals surface area contributed by atoms with Gasteiger partial charge >= 0.3 is 0 Å². The predicted octanol–water partition coefficient (Wildman–Crippen LogP) is 1.64. The summed E-state index contributed by atoms with van der Waals surface area (Å²) in [5.74, 6) is 1.34. The highest BCUT2D eigenvalue weighted by Crippen LogP contribution is 2.34. The Morgan fingerprint density at radius 3 is 2.95 bits per heavy atom. The number of hydrogen-bond donors (Lipinski definition) is 0. The van der Waals surface area contributed by atoms with Crippen molar-refractivity contribution in [3.63, 3.8) is 0 Å². The molecule has 1 saturated heterocycles. The summed E-state index contributed by atoms with van der Waals surface area (Å²) in [7, 11) is 0. The van der Waals surface area contributed by atoms with Crippen LogP contribution in [0.25, 0.3) is 0 Å². The lowest BCUT2D eigenvalue weighted by Crippen LogP contribution is -2.47. The third kappa shape index (κ3) is 2.70. The Balaban J connectivity index is 1.70. The minimum atomic E-state index is 0.141. The minimum Gasteiger partial charge on any atom is -0.312 e. The summed E-state index contributed by atoms with van der Waals surface area (Å²) in [5.41, 5.74) is 1.34. The third-order valence-corrected chi connectivity index (χ3v) is 4.56. The van der Waals surface area contributed by atoms with Crippen molar-refractivity contribution >= 4 is 5.78 Å². The van der Waals surface area contributed by atoms with E-state index in [-0.39, 0.29) is 11.3 Å². The second-order valence-electron chi connectivity index (χ2n) is 6.26. The van der Waals surface area contributed by atoms with Gasteiger partial charge in [-0.15, -0.1) is 0 Å². The fraction of sp³-hybridized carbons (Fsp3) is 0.625. The summed E-state index contributed by atoms with van der Waals surface area (Å²) in [6.07, 6.45) is 2.84. The van der Waals surface area contributed by atoms with E-state index in [0.29, 0.717) is 18.3 Å². The first-order valence-corrected chi connectivity index (χ1v) is 7.55. The van der Waals surface area contributed by atoms with Gasteiger partial charge in [-0.1, -0.05) is 6.07 Å². The predicted molar refractivity (Wildman–Crippen MR) is 77.9 cm³/mol. The van der Waals surface area contributed by atoms with Gasteiger partial charge in [0.25, 0.3) is 5.56 Å². The van der Waals surface area contributed by atoms with E-state index in [1.54, 1.807) is 13.0 Å². The number of nitrogens with zero attached hydrogens (tertiary/aromatic N) is 2. The Hall–Kier alpha value is -1.42. The fourth-order valence-corrected chi connectivity index (χ4v) is 3.73. The number of rotatable bonds is 4. The van der Waals surface area contributed by atoms with Crippen LogP contribution in [-0.4, -0.2) is 34.9 Å². The van der Waals surface area contributed by atoms with Gasteiger partial charge in [-0.05, 0) is 38.3 Å². The number of ketones is 1. The Kier molecular flexibility index (Phi) is 3.74. The molecule has 0 amide bonds. The maximum atomic E-state index is 11.9. The Labute approximate surface area is 119 Å². The quantitative estimate of drug-likeness (QED) is 0.838. The molecule has 0 aromatic carbocycles. The first-order chi connectivity index (χ1) is 9.63. The molecule has 2 bridgehead atoms. The molecule has 0 N–H and O–H groups in total. The largest absolute Gasteiger partial charge is 0.312 e. The number of carbonyl (C=O) groups excluding carboxylic acids is 1. The molecule has 1 aromatic rings. The highest BCUT2D eigenvalue weighted by Gasteiger charge is 2.33. The molecule has 108 valence electrons. The molecule has 1 fully saturated rings. The van der Waals surface area contributed by atoms with Crippen LogP contribution in [0.1, 0.15) is 37.8 Å². The minimum absolute atomic E-state index is 0.141. The second kappa shape index (κ2) is 5.52. The molecule has 0 aliphatic carbocycles. The van der Waals surface area contributed by atoms with Gasteiger partial charge in [-0.2, -0.15) is 0 Å². The number of hydrogen-bond acceptors (Lipinski definition) is 3. The zero-order valence-electron chi connectivity index (χ0n) is 12.0. The Bertz CT molecular complexity index is 564. The molecule has 3 rings (SSSR count). The average molecular weight is 274 g/mol. The maximum absolute atomic E-state index is 11.9. The lowest BCUT2D eigenvalue weighted by atomic mass is 9.83. The van der Waals surface area contributed by atoms with Crippen molar-refractivity contribution in [2.45, 2.75) is 38.6 Å². The standard InChI is InChI=1S/C16H22N2O2/c1-12(19)4-3-7-17-9-13-8-14(11-17)15-5-2-6-16(20)18(15)10-13/h2,5-6,13-14H,3-4,7-11H2,1H3/t13-,14+/m0/s1. The van der Waals surface area contributed by atoms with Gasteiger partial charge in [0, 0.05) is 43.7 Å². The summed E-state index contributed by atoms with van der Waals surface area (Å²) < 4.78 is 1.96. The fourth-order valence-electron chi connectivity index (χ4n) is 3.73. The summed E-state index contributed by atoms with van der Waals surface area (Å²) in [5, 5.41) is 0. The molecule has 0 radical (unpaired) electrons. The number of pyridine rings is 1. The number of piperidine rings is 1. The molecule has 0 spiro atoms. The SMILES string of the molecule is CC(=O)CCCN1C[C@@H]2C[C@H](C1)c1cccc(=O)n1C2. The summed E-state index contributed by atoms with van der Waals surface area (Å²) in [4.78, 5) is 25.4. The highest BCUT2D eigenvalue weighted by molar-refractivity contribution is 5.75. The number of fused-ring (bicyclic) bond motifs is 4. The molecule has 1 aromatic heterocycles. The van der Waals surface area contributed by atoms with Gasteiger partial charge in [0.1, 0.15) is 5.78 Å². The molecule has 0 unspecified atom stereocenters. The molecular weight excluding hydrogens is 252 g/mol. The van der Waals surface area contributed by atoms with E-state index in [1.807, 2.05) is 10.6 Å². The van der Waals surface area contributed by atoms with Crippen molar-refractivity contribution in [3.8, 4) is 0 Å². The molecule has 3 heterocycles. The monoisotopic (exact) mass is 274 g/mol. The van der Waals surface area contributed by atoms with Crippen molar-refractivity contribution in [2.75, 3.05) is 19.6 Å². The number of likely N-dealkylation sites (tertiary alicyclic amines) is 1. The van der Waals surface area contributed by atoms with Crippen molar-refractivity contribution in [2.24, 2.45) is 5.92 Å². The molecular formula is C16H22N2O2. The first-order valence-electron chi connectivity index (χ1n) is 7.55. The number of carbonyl (C=O) groups is 1. The van der Waals surface area contributed by atoms with E-state index in [2.05, 4.69) is 11.0 Å². The zero-order valence-corrected chi connectivity index (χ0v) is 12.0. The van der Waals surface area contributed by atoms with Crippen LogP contribution in [0.15, 0.2) is 23.0 Å². The smallest absolute Gasteiger partial charge is 0.250 e. The van der Waals surface area contributed by atoms with Crippen LogP contribution in [-0.2, 0) is 11.3 Å². The van der Waals surface area contributed by atoms with Gasteiger partial charge in [0.05, 0.1) is 0 Å². The molecule has 2 aliphatic rings. The van der Waals surface area contributed by atoms with Crippen LogP contribution in [0.3, 0.4) is 0 Å². The van der Waals surface area contributed by atoms with Gasteiger partial charge in [-0.25, -0.2) is 0 Å². The van der Waals surface area contributed by atoms with E-state index in [1.165, 1.54) is 12.1 Å². The summed E-state index contributed by atoms with van der Waals surface area (Å²) in [6, 6.07) is 5.64. The third-order valence-electron chi connectivity index (χ3n) is 4.56. The van der Waals surface area contributed by atoms with E-state index in [9.17, 15) is 9.59 Å². The zero-order chi connectivity index (χ0) is 14.1. The van der Waals surface area contributed by atoms with Crippen molar-refractivity contribution < 1.29 is 4.79 Å². The molecule has 2 atom stereocenters. The van der Waals surface area contributed by atoms with Crippen LogP contribution in [0, 0.1) is 5.92 Å². The summed E-state index contributed by atoms with van der Waals surface area (Å²) in [6.45, 7) is 5.61. The van der Waals surface area contributed by atoms with Crippen molar-refractivity contribution in [1.82, 2.24) is 9.47 Å². The highest BCUT2D eigenvalue weighted by atomic mass is 16.1. The Morgan fingerprint density at radius 2 is 2.15 bits per heavy atom. The molecule has 4 nitrogen and oxygen atoms in total. The van der Waals surface area contributed by atoms with E-state index >= 15 is 0 Å². The van der Waals surface area contributed by atoms with Gasteiger partial charge in [-0.3, -0.25) is 4.79 Å². The molecule has 0 saturated carbocycles. The van der Waals surface area contributed by atoms with Gasteiger partial charge < -0.3 is 14.3 Å². The van der Waals surface area contributed by atoms with Crippen LogP contribution in [0.4, 0.5) is 0 Å². The molecule has 4 heteroatoms. The van der Waals surface area contributed by atoms with Crippen LogP contribution >= 0.6 is 0 Å². The number of aromatic nitrogens is 1. The summed E-state index contributed by atoms with van der Waals surface area (Å²) >= 11 is 0. The topological polar surface area (TPSA) is 42.3 Å². The van der Waals surface area contributed by atoms with Crippen LogP contribution < -0.4 is 5.56 Å². The Morgan fingerprint density at radius 1 is 1.30 bits per heavy atom. The molecule has 20 heavy (non-hydrogen) atoms. The van der Waals surface area contributed by atoms with Gasteiger partial charge in [0.2, 0.25) is 0 Å². The average Bonchev–Trinajstić information content (AvgIpc) is 2.40. The van der Waals surface area contributed by atoms with Gasteiger partial charge in [0.15, 0.2) is 0 Å². The first kappa shape index (κ1) is 13.6. The van der Waals surface area contributed by atoms with E-state index in [4.69, 9.17) is 0 Å². The van der Waals surface area contributed by atoms with E-state index < -0.39 is 0 Å². The lowest BCUT2D eigenvalue weighted by molar-refractivity contribution is -0.117. The molecule has 2 aliphatic heterocycles. The van der Waals surface area contributed by atoms with Crippen molar-refractivity contribution in [3.05, 3.63) is 34.2 Å².